The summed E-state index contributed by atoms with van der Waals surface area (Å²) in [5.74, 6) is -0.361. The van der Waals surface area contributed by atoms with Crippen LogP contribution in [-0.2, 0) is 6.18 Å². The maximum atomic E-state index is 12.5. The number of amides is 3. The van der Waals surface area contributed by atoms with Crippen molar-refractivity contribution in [3.63, 3.8) is 0 Å². The Bertz CT molecular complexity index is 633. The first-order chi connectivity index (χ1) is 11.4. The Hall–Kier alpha value is -2.32. The van der Waals surface area contributed by atoms with Gasteiger partial charge in [-0.25, -0.2) is 4.79 Å². The van der Waals surface area contributed by atoms with Gasteiger partial charge in [-0.3, -0.25) is 9.78 Å². The van der Waals surface area contributed by atoms with E-state index in [4.69, 9.17) is 0 Å². The molecule has 6 nitrogen and oxygen atoms in total. The summed E-state index contributed by atoms with van der Waals surface area (Å²) in [6.45, 7) is 2.10. The standard InChI is InChI=1S/C15H17F3N4O2/c16-15(17,18)12-4-3-10(8-20-12)13(23)21-6-1-2-11(9-21)22-7-5-19-14(22)24/h3-4,8,11H,1-2,5-7,9H2,(H,19,24). The number of nitrogens with one attached hydrogen (secondary N) is 1. The molecule has 1 N–H and O–H groups in total. The summed E-state index contributed by atoms with van der Waals surface area (Å²) in [4.78, 5) is 30.8. The number of halogens is 3. The molecule has 0 saturated carbocycles. The Morgan fingerprint density at radius 3 is 2.67 bits per heavy atom. The molecule has 1 aromatic heterocycles. The van der Waals surface area contributed by atoms with Gasteiger partial charge in [0.2, 0.25) is 0 Å². The minimum atomic E-state index is -4.53. The van der Waals surface area contributed by atoms with Crippen LogP contribution in [0.25, 0.3) is 0 Å². The highest BCUT2D eigenvalue weighted by atomic mass is 19.4. The maximum Gasteiger partial charge on any atom is 0.433 e. The van der Waals surface area contributed by atoms with Gasteiger partial charge in [-0.2, -0.15) is 13.2 Å². The topological polar surface area (TPSA) is 65.5 Å². The molecule has 1 atom stereocenters. The summed E-state index contributed by atoms with van der Waals surface area (Å²) in [6, 6.07) is 1.76. The molecule has 0 spiro atoms. The molecule has 130 valence electrons. The van der Waals surface area contributed by atoms with Crippen molar-refractivity contribution < 1.29 is 22.8 Å². The van der Waals surface area contributed by atoms with Gasteiger partial charge in [-0.05, 0) is 25.0 Å². The van der Waals surface area contributed by atoms with E-state index in [1.165, 1.54) is 0 Å². The number of nitrogens with zero attached hydrogens (tertiary/aromatic N) is 3. The molecular weight excluding hydrogens is 325 g/mol. The fourth-order valence-electron chi connectivity index (χ4n) is 3.10. The second-order valence-corrected chi connectivity index (χ2v) is 5.90. The molecule has 2 aliphatic rings. The number of aromatic nitrogens is 1. The summed E-state index contributed by atoms with van der Waals surface area (Å²) < 4.78 is 37.6. The van der Waals surface area contributed by atoms with E-state index in [1.807, 2.05) is 0 Å². The molecule has 3 rings (SSSR count). The van der Waals surface area contributed by atoms with E-state index in [-0.39, 0.29) is 23.5 Å². The molecule has 0 aliphatic carbocycles. The van der Waals surface area contributed by atoms with E-state index in [9.17, 15) is 22.8 Å². The normalized spacial score (nSPS) is 21.8. The fourth-order valence-corrected chi connectivity index (χ4v) is 3.10. The average Bonchev–Trinajstić information content (AvgIpc) is 3.00. The molecule has 1 unspecified atom stereocenters. The number of carbonyl (C=O) groups is 2. The van der Waals surface area contributed by atoms with Crippen molar-refractivity contribution in [3.8, 4) is 0 Å². The Morgan fingerprint density at radius 2 is 2.08 bits per heavy atom. The number of alkyl halides is 3. The quantitative estimate of drug-likeness (QED) is 0.890. The van der Waals surface area contributed by atoms with E-state index in [1.54, 1.807) is 9.80 Å². The van der Waals surface area contributed by atoms with Crippen molar-refractivity contribution in [1.29, 1.82) is 0 Å². The van der Waals surface area contributed by atoms with Crippen molar-refractivity contribution in [2.24, 2.45) is 0 Å². The maximum absolute atomic E-state index is 12.5. The molecule has 0 aromatic carbocycles. The predicted molar refractivity (Wildman–Crippen MR) is 78.3 cm³/mol. The molecule has 24 heavy (non-hydrogen) atoms. The van der Waals surface area contributed by atoms with Crippen LogP contribution in [0, 0.1) is 0 Å². The van der Waals surface area contributed by atoms with Gasteiger partial charge >= 0.3 is 12.2 Å². The minimum absolute atomic E-state index is 0.0624. The number of hydrogen-bond donors (Lipinski definition) is 1. The van der Waals surface area contributed by atoms with Crippen LogP contribution in [0.15, 0.2) is 18.3 Å². The molecule has 9 heteroatoms. The lowest BCUT2D eigenvalue weighted by Crippen LogP contribution is -2.50. The van der Waals surface area contributed by atoms with Crippen LogP contribution in [-0.4, -0.2) is 58.9 Å². The van der Waals surface area contributed by atoms with Crippen LogP contribution >= 0.6 is 0 Å². The number of carbonyl (C=O) groups excluding carboxylic acids is 2. The van der Waals surface area contributed by atoms with Crippen LogP contribution < -0.4 is 5.32 Å². The first-order valence-corrected chi connectivity index (χ1v) is 7.73. The first kappa shape index (κ1) is 16.5. The number of urea groups is 1. The molecule has 0 bridgehead atoms. The van der Waals surface area contributed by atoms with E-state index < -0.39 is 11.9 Å². The zero-order chi connectivity index (χ0) is 17.3. The van der Waals surface area contributed by atoms with Crippen molar-refractivity contribution in [3.05, 3.63) is 29.6 Å². The molecule has 2 aliphatic heterocycles. The summed E-state index contributed by atoms with van der Waals surface area (Å²) >= 11 is 0. The second kappa shape index (κ2) is 6.29. The monoisotopic (exact) mass is 342 g/mol. The predicted octanol–water partition coefficient (Wildman–Crippen LogP) is 1.73. The zero-order valence-electron chi connectivity index (χ0n) is 12.8. The number of piperidine rings is 1. The summed E-state index contributed by atoms with van der Waals surface area (Å²) in [6.07, 6.45) is -2.02. The Kier molecular flexibility index (Phi) is 4.33. The largest absolute Gasteiger partial charge is 0.433 e. The third-order valence-corrected chi connectivity index (χ3v) is 4.32. The van der Waals surface area contributed by atoms with Crippen molar-refractivity contribution in [2.75, 3.05) is 26.2 Å². The van der Waals surface area contributed by atoms with Crippen LogP contribution in [0.4, 0.5) is 18.0 Å². The van der Waals surface area contributed by atoms with E-state index in [0.29, 0.717) is 26.2 Å². The van der Waals surface area contributed by atoms with Crippen LogP contribution in [0.5, 0.6) is 0 Å². The molecule has 0 radical (unpaired) electrons. The van der Waals surface area contributed by atoms with Crippen LogP contribution in [0.3, 0.4) is 0 Å². The summed E-state index contributed by atoms with van der Waals surface area (Å²) in [5.41, 5.74) is -0.904. The van der Waals surface area contributed by atoms with Crippen molar-refractivity contribution >= 4 is 11.9 Å². The van der Waals surface area contributed by atoms with Gasteiger partial charge in [0, 0.05) is 32.4 Å². The third-order valence-electron chi connectivity index (χ3n) is 4.32. The second-order valence-electron chi connectivity index (χ2n) is 5.90. The molecule has 2 fully saturated rings. The highest BCUT2D eigenvalue weighted by molar-refractivity contribution is 5.94. The third kappa shape index (κ3) is 3.29. The fraction of sp³-hybridized carbons (Fsp3) is 0.533. The van der Waals surface area contributed by atoms with Gasteiger partial charge in [0.15, 0.2) is 0 Å². The number of hydrogen-bond acceptors (Lipinski definition) is 3. The lowest BCUT2D eigenvalue weighted by Gasteiger charge is -2.37. The van der Waals surface area contributed by atoms with Crippen molar-refractivity contribution in [2.45, 2.75) is 25.1 Å². The van der Waals surface area contributed by atoms with E-state index in [2.05, 4.69) is 10.3 Å². The molecule has 3 amide bonds. The van der Waals surface area contributed by atoms with Gasteiger partial charge in [-0.15, -0.1) is 0 Å². The van der Waals surface area contributed by atoms with E-state index in [0.717, 1.165) is 31.2 Å². The molecular formula is C15H17F3N4O2. The lowest BCUT2D eigenvalue weighted by atomic mass is 10.0. The van der Waals surface area contributed by atoms with E-state index >= 15 is 0 Å². The zero-order valence-corrected chi connectivity index (χ0v) is 12.8. The van der Waals surface area contributed by atoms with Gasteiger partial charge < -0.3 is 15.1 Å². The molecule has 3 heterocycles. The Morgan fingerprint density at radius 1 is 1.29 bits per heavy atom. The van der Waals surface area contributed by atoms with Crippen molar-refractivity contribution in [1.82, 2.24) is 20.1 Å². The number of rotatable bonds is 2. The summed E-state index contributed by atoms with van der Waals surface area (Å²) in [5, 5.41) is 2.73. The minimum Gasteiger partial charge on any atom is -0.337 e. The summed E-state index contributed by atoms with van der Waals surface area (Å²) in [7, 11) is 0. The number of pyridine rings is 1. The highest BCUT2D eigenvalue weighted by Crippen LogP contribution is 2.27. The highest BCUT2D eigenvalue weighted by Gasteiger charge is 2.34. The molecule has 1 aromatic rings. The average molecular weight is 342 g/mol. The van der Waals surface area contributed by atoms with Gasteiger partial charge in [0.1, 0.15) is 5.69 Å². The molecule has 2 saturated heterocycles. The SMILES string of the molecule is O=C(c1ccc(C(F)(F)F)nc1)N1CCCC(N2CCNC2=O)C1. The lowest BCUT2D eigenvalue weighted by molar-refractivity contribution is -0.141. The van der Waals surface area contributed by atoms with Gasteiger partial charge in [0.25, 0.3) is 5.91 Å². The Labute approximate surface area is 136 Å². The first-order valence-electron chi connectivity index (χ1n) is 7.73. The number of likely N-dealkylation sites (tertiary alicyclic amines) is 1. The smallest absolute Gasteiger partial charge is 0.337 e. The van der Waals surface area contributed by atoms with Gasteiger partial charge in [-0.1, -0.05) is 0 Å². The van der Waals surface area contributed by atoms with Crippen LogP contribution in [0.2, 0.25) is 0 Å². The van der Waals surface area contributed by atoms with Gasteiger partial charge in [0.05, 0.1) is 11.6 Å². The van der Waals surface area contributed by atoms with Crippen LogP contribution in [0.1, 0.15) is 28.9 Å². The Balaban J connectivity index is 1.69.